The highest BCUT2D eigenvalue weighted by Crippen LogP contribution is 2.35. The van der Waals surface area contributed by atoms with Crippen LogP contribution in [0.2, 0.25) is 5.02 Å². The second-order valence-electron chi connectivity index (χ2n) is 4.49. The average Bonchev–Trinajstić information content (AvgIpc) is 2.36. The van der Waals surface area contributed by atoms with Gasteiger partial charge in [-0.25, -0.2) is 8.78 Å². The molecule has 0 aliphatic carbocycles. The van der Waals surface area contributed by atoms with Gasteiger partial charge in [-0.2, -0.15) is 0 Å². The fraction of sp³-hybridized carbons (Fsp3) is 0.200. The molecule has 0 spiro atoms. The molecule has 0 nitrogen and oxygen atoms in total. The molecule has 0 radical (unpaired) electrons. The maximum Gasteiger partial charge on any atom is 0.159 e. The summed E-state index contributed by atoms with van der Waals surface area (Å²) in [4.78, 5) is -0.196. The summed E-state index contributed by atoms with van der Waals surface area (Å²) in [7, 11) is 0. The van der Waals surface area contributed by atoms with Crippen molar-refractivity contribution < 1.29 is 8.78 Å². The lowest BCUT2D eigenvalue weighted by Gasteiger charge is -2.15. The van der Waals surface area contributed by atoms with Gasteiger partial charge in [-0.05, 0) is 54.3 Å². The molecule has 0 N–H and O–H groups in total. The van der Waals surface area contributed by atoms with Gasteiger partial charge < -0.3 is 0 Å². The zero-order valence-corrected chi connectivity index (χ0v) is 12.8. The fourth-order valence-electron chi connectivity index (χ4n) is 1.93. The van der Waals surface area contributed by atoms with Crippen molar-refractivity contribution in [2.24, 2.45) is 0 Å². The van der Waals surface area contributed by atoms with Gasteiger partial charge in [0.2, 0.25) is 0 Å². The van der Waals surface area contributed by atoms with Crippen molar-refractivity contribution in [1.29, 1.82) is 0 Å². The van der Waals surface area contributed by atoms with Crippen LogP contribution in [0.5, 0.6) is 0 Å². The van der Waals surface area contributed by atoms with E-state index in [9.17, 15) is 8.78 Å². The first kappa shape index (κ1) is 14.5. The van der Waals surface area contributed by atoms with Gasteiger partial charge in [0, 0.05) is 5.02 Å². The molecule has 19 heavy (non-hydrogen) atoms. The molecule has 1 atom stereocenters. The number of hydrogen-bond acceptors (Lipinski definition) is 0. The Balaban J connectivity index is 2.46. The number of rotatable bonds is 2. The van der Waals surface area contributed by atoms with E-state index in [1.54, 1.807) is 6.07 Å². The molecule has 100 valence electrons. The molecule has 0 aliphatic rings. The second-order valence-corrected chi connectivity index (χ2v) is 5.82. The third kappa shape index (κ3) is 2.98. The number of halogens is 4. The van der Waals surface area contributed by atoms with Crippen molar-refractivity contribution in [3.63, 3.8) is 0 Å². The minimum atomic E-state index is -0.842. The SMILES string of the molecule is Cc1cc(C(Br)c2ccc(F)c(F)c2)c(C)cc1Cl. The minimum absolute atomic E-state index is 0.196. The van der Waals surface area contributed by atoms with Crippen LogP contribution in [0.15, 0.2) is 30.3 Å². The Bertz CT molecular complexity index is 626. The Morgan fingerprint density at radius 1 is 1.00 bits per heavy atom. The van der Waals surface area contributed by atoms with Crippen LogP contribution in [0, 0.1) is 25.5 Å². The monoisotopic (exact) mass is 344 g/mol. The van der Waals surface area contributed by atoms with Crippen molar-refractivity contribution in [3.8, 4) is 0 Å². The van der Waals surface area contributed by atoms with Crippen LogP contribution in [-0.4, -0.2) is 0 Å². The first-order chi connectivity index (χ1) is 8.90. The standard InChI is InChI=1S/C15H12BrClF2/c1-8-6-12(17)9(2)5-11(8)15(16)10-3-4-13(18)14(19)7-10/h3-7,15H,1-2H3. The molecule has 0 heterocycles. The molecular formula is C15H12BrClF2. The van der Waals surface area contributed by atoms with Gasteiger partial charge in [-0.15, -0.1) is 0 Å². The summed E-state index contributed by atoms with van der Waals surface area (Å²) in [5, 5.41) is 0.700. The summed E-state index contributed by atoms with van der Waals surface area (Å²) < 4.78 is 26.2. The molecule has 0 aromatic heterocycles. The van der Waals surface area contributed by atoms with E-state index < -0.39 is 11.6 Å². The van der Waals surface area contributed by atoms with Gasteiger partial charge in [0.15, 0.2) is 11.6 Å². The van der Waals surface area contributed by atoms with E-state index in [2.05, 4.69) is 15.9 Å². The number of hydrogen-bond donors (Lipinski definition) is 0. The maximum atomic E-state index is 13.3. The Morgan fingerprint density at radius 3 is 2.32 bits per heavy atom. The summed E-state index contributed by atoms with van der Waals surface area (Å²) in [6, 6.07) is 7.75. The Labute approximate surface area is 124 Å². The molecule has 0 aliphatic heterocycles. The van der Waals surface area contributed by atoms with Crippen molar-refractivity contribution in [2.75, 3.05) is 0 Å². The quantitative estimate of drug-likeness (QED) is 0.611. The molecule has 2 rings (SSSR count). The van der Waals surface area contributed by atoms with Gasteiger partial charge in [0.25, 0.3) is 0 Å². The first-order valence-electron chi connectivity index (χ1n) is 5.76. The van der Waals surface area contributed by atoms with E-state index in [4.69, 9.17) is 11.6 Å². The van der Waals surface area contributed by atoms with Crippen LogP contribution in [0.25, 0.3) is 0 Å². The molecule has 0 fully saturated rings. The highest BCUT2D eigenvalue weighted by molar-refractivity contribution is 9.09. The molecule has 0 bridgehead atoms. The molecule has 0 saturated heterocycles. The van der Waals surface area contributed by atoms with Crippen LogP contribution in [0.4, 0.5) is 8.78 Å². The van der Waals surface area contributed by atoms with E-state index in [1.807, 2.05) is 26.0 Å². The molecule has 0 amide bonds. The number of alkyl halides is 1. The van der Waals surface area contributed by atoms with Gasteiger partial charge >= 0.3 is 0 Å². The average molecular weight is 346 g/mol. The van der Waals surface area contributed by atoms with Crippen molar-refractivity contribution in [2.45, 2.75) is 18.7 Å². The summed E-state index contributed by atoms with van der Waals surface area (Å²) in [6.07, 6.45) is 0. The third-order valence-corrected chi connectivity index (χ3v) is 4.49. The Kier molecular flexibility index (Phi) is 4.26. The summed E-state index contributed by atoms with van der Waals surface area (Å²) in [6.45, 7) is 3.85. The number of aryl methyl sites for hydroxylation is 2. The minimum Gasteiger partial charge on any atom is -0.204 e. The van der Waals surface area contributed by atoms with Crippen molar-refractivity contribution >= 4 is 27.5 Å². The molecule has 0 saturated carbocycles. The van der Waals surface area contributed by atoms with Gasteiger partial charge in [0.05, 0.1) is 4.83 Å². The van der Waals surface area contributed by atoms with E-state index in [0.717, 1.165) is 22.8 Å². The Morgan fingerprint density at radius 2 is 1.68 bits per heavy atom. The highest BCUT2D eigenvalue weighted by Gasteiger charge is 2.16. The first-order valence-corrected chi connectivity index (χ1v) is 7.05. The molecule has 2 aromatic rings. The van der Waals surface area contributed by atoms with Gasteiger partial charge in [0.1, 0.15) is 0 Å². The normalized spacial score (nSPS) is 12.5. The summed E-state index contributed by atoms with van der Waals surface area (Å²) in [5.74, 6) is -1.68. The fourth-order valence-corrected chi connectivity index (χ4v) is 2.92. The summed E-state index contributed by atoms with van der Waals surface area (Å²) in [5.41, 5.74) is 3.62. The molecule has 4 heteroatoms. The van der Waals surface area contributed by atoms with E-state index >= 15 is 0 Å². The second kappa shape index (κ2) is 5.59. The molecular weight excluding hydrogens is 334 g/mol. The lowest BCUT2D eigenvalue weighted by Crippen LogP contribution is -1.99. The summed E-state index contributed by atoms with van der Waals surface area (Å²) >= 11 is 9.59. The van der Waals surface area contributed by atoms with Crippen LogP contribution < -0.4 is 0 Å². The zero-order chi connectivity index (χ0) is 14.2. The lowest BCUT2D eigenvalue weighted by atomic mass is 9.98. The molecule has 1 unspecified atom stereocenters. The predicted octanol–water partition coefficient (Wildman–Crippen LogP) is 5.72. The highest BCUT2D eigenvalue weighted by atomic mass is 79.9. The largest absolute Gasteiger partial charge is 0.204 e. The predicted molar refractivity (Wildman–Crippen MR) is 78.1 cm³/mol. The number of benzene rings is 2. The Hall–Kier alpha value is -0.930. The lowest BCUT2D eigenvalue weighted by molar-refractivity contribution is 0.507. The van der Waals surface area contributed by atoms with Crippen LogP contribution in [0.3, 0.4) is 0 Å². The van der Waals surface area contributed by atoms with E-state index in [1.165, 1.54) is 6.07 Å². The molecule has 2 aromatic carbocycles. The van der Waals surface area contributed by atoms with Crippen LogP contribution in [0.1, 0.15) is 27.1 Å². The van der Waals surface area contributed by atoms with Gasteiger partial charge in [-0.3, -0.25) is 0 Å². The maximum absolute atomic E-state index is 13.3. The smallest absolute Gasteiger partial charge is 0.159 e. The van der Waals surface area contributed by atoms with Crippen molar-refractivity contribution in [3.05, 3.63) is 69.2 Å². The van der Waals surface area contributed by atoms with Gasteiger partial charge in [-0.1, -0.05) is 39.7 Å². The zero-order valence-electron chi connectivity index (χ0n) is 10.5. The van der Waals surface area contributed by atoms with E-state index in [-0.39, 0.29) is 4.83 Å². The third-order valence-electron chi connectivity index (χ3n) is 3.06. The van der Waals surface area contributed by atoms with Crippen molar-refractivity contribution in [1.82, 2.24) is 0 Å². The topological polar surface area (TPSA) is 0 Å². The van der Waals surface area contributed by atoms with E-state index in [0.29, 0.717) is 10.6 Å². The van der Waals surface area contributed by atoms with Crippen LogP contribution in [-0.2, 0) is 0 Å². The van der Waals surface area contributed by atoms with Crippen LogP contribution >= 0.6 is 27.5 Å².